The summed E-state index contributed by atoms with van der Waals surface area (Å²) in [6.07, 6.45) is 3.67. The summed E-state index contributed by atoms with van der Waals surface area (Å²) in [5, 5.41) is 7.28. The van der Waals surface area contributed by atoms with E-state index in [0.29, 0.717) is 0 Å². The van der Waals surface area contributed by atoms with Crippen molar-refractivity contribution >= 4 is 60.0 Å². The topological polar surface area (TPSA) is 30.4 Å². The summed E-state index contributed by atoms with van der Waals surface area (Å²) in [6.45, 7) is 0. The Balaban J connectivity index is 2.04. The summed E-state index contributed by atoms with van der Waals surface area (Å²) in [4.78, 5) is 4.78. The maximum atomic E-state index is 5.70. The summed E-state index contributed by atoms with van der Waals surface area (Å²) in [7, 11) is 0. The fourth-order valence-electron chi connectivity index (χ4n) is 4.61. The fraction of sp³-hybridized carbons (Fsp3) is 0. The molecular weight excluding hydrogens is 320 g/mol. The van der Waals surface area contributed by atoms with Gasteiger partial charge in [0.15, 0.2) is 0 Å². The van der Waals surface area contributed by atoms with Crippen LogP contribution in [0, 0.1) is 0 Å². The van der Waals surface area contributed by atoms with E-state index in [4.69, 9.17) is 9.40 Å². The van der Waals surface area contributed by atoms with Crippen LogP contribution in [0.4, 0.5) is 0 Å². The molecule has 3 nitrogen and oxygen atoms in total. The molecule has 0 saturated carbocycles. The molecule has 0 N–H and O–H groups in total. The van der Waals surface area contributed by atoms with Crippen LogP contribution in [-0.2, 0) is 0 Å². The highest BCUT2D eigenvalue weighted by atomic mass is 16.3. The molecule has 0 aliphatic rings. The molecule has 0 unspecified atom stereocenters. The predicted octanol–water partition coefficient (Wildman–Crippen LogP) is 6.13. The lowest BCUT2D eigenvalue weighted by Gasteiger charge is -2.12. The van der Waals surface area contributed by atoms with Gasteiger partial charge in [0.1, 0.15) is 5.58 Å². The Kier molecular flexibility index (Phi) is 2.03. The molecular formula is C23H12N2O. The zero-order valence-electron chi connectivity index (χ0n) is 13.7. The first kappa shape index (κ1) is 12.7. The number of benzene rings is 3. The molecule has 0 bridgehead atoms. The minimum Gasteiger partial charge on any atom is -0.464 e. The van der Waals surface area contributed by atoms with Crippen molar-refractivity contribution in [3.63, 3.8) is 0 Å². The fourth-order valence-corrected chi connectivity index (χ4v) is 4.61. The maximum absolute atomic E-state index is 5.70. The van der Waals surface area contributed by atoms with Gasteiger partial charge >= 0.3 is 0 Å². The molecule has 0 radical (unpaired) electrons. The number of pyridine rings is 2. The van der Waals surface area contributed by atoms with Gasteiger partial charge in [0.05, 0.1) is 28.3 Å². The lowest BCUT2D eigenvalue weighted by Crippen LogP contribution is -1.94. The van der Waals surface area contributed by atoms with Crippen molar-refractivity contribution in [3.8, 4) is 0 Å². The first-order chi connectivity index (χ1) is 12.9. The van der Waals surface area contributed by atoms with Gasteiger partial charge in [0.25, 0.3) is 0 Å². The van der Waals surface area contributed by atoms with E-state index >= 15 is 0 Å². The number of para-hydroxylation sites is 1. The monoisotopic (exact) mass is 332 g/mol. The summed E-state index contributed by atoms with van der Waals surface area (Å²) in [6, 6.07) is 21.4. The Hall–Kier alpha value is -3.59. The van der Waals surface area contributed by atoms with Gasteiger partial charge in [0.2, 0.25) is 0 Å². The molecule has 3 aromatic carbocycles. The first-order valence-electron chi connectivity index (χ1n) is 8.74. The highest BCUT2D eigenvalue weighted by molar-refractivity contribution is 6.29. The molecule has 0 spiro atoms. The van der Waals surface area contributed by atoms with Crippen LogP contribution in [0.15, 0.2) is 77.5 Å². The van der Waals surface area contributed by atoms with Gasteiger partial charge < -0.3 is 8.82 Å². The van der Waals surface area contributed by atoms with E-state index < -0.39 is 0 Å². The zero-order chi connectivity index (χ0) is 16.8. The number of hydrogen-bond acceptors (Lipinski definition) is 2. The van der Waals surface area contributed by atoms with Gasteiger partial charge in [-0.05, 0) is 35.7 Å². The zero-order valence-corrected chi connectivity index (χ0v) is 13.7. The van der Waals surface area contributed by atoms with Crippen molar-refractivity contribution in [1.29, 1.82) is 0 Å². The van der Waals surface area contributed by atoms with Crippen LogP contribution in [0.1, 0.15) is 0 Å². The molecule has 0 atom stereocenters. The number of fused-ring (bicyclic) bond motifs is 8. The third-order valence-electron chi connectivity index (χ3n) is 5.65. The van der Waals surface area contributed by atoms with Crippen molar-refractivity contribution in [2.45, 2.75) is 0 Å². The van der Waals surface area contributed by atoms with E-state index in [2.05, 4.69) is 59.0 Å². The van der Waals surface area contributed by atoms with Crippen LogP contribution in [0.25, 0.3) is 60.0 Å². The van der Waals surface area contributed by atoms with E-state index in [1.165, 1.54) is 38.1 Å². The van der Waals surface area contributed by atoms with E-state index in [0.717, 1.165) is 21.9 Å². The molecule has 7 rings (SSSR count). The van der Waals surface area contributed by atoms with Gasteiger partial charge in [-0.15, -0.1) is 0 Å². The lowest BCUT2D eigenvalue weighted by molar-refractivity contribution is 0.616. The van der Waals surface area contributed by atoms with Crippen LogP contribution in [0.3, 0.4) is 0 Å². The molecule has 0 saturated heterocycles. The van der Waals surface area contributed by atoms with Crippen LogP contribution >= 0.6 is 0 Å². The van der Waals surface area contributed by atoms with Crippen molar-refractivity contribution in [2.24, 2.45) is 0 Å². The average Bonchev–Trinajstić information content (AvgIpc) is 3.30. The van der Waals surface area contributed by atoms with Crippen LogP contribution in [0.5, 0.6) is 0 Å². The Labute approximate surface area is 147 Å². The Morgan fingerprint density at radius 2 is 1.65 bits per heavy atom. The summed E-state index contributed by atoms with van der Waals surface area (Å²) in [5.41, 5.74) is 5.59. The molecule has 0 aliphatic heterocycles. The highest BCUT2D eigenvalue weighted by Crippen LogP contribution is 2.42. The van der Waals surface area contributed by atoms with Crippen LogP contribution in [-0.4, -0.2) is 9.38 Å². The van der Waals surface area contributed by atoms with Crippen molar-refractivity contribution < 1.29 is 4.42 Å². The van der Waals surface area contributed by atoms with Gasteiger partial charge in [-0.1, -0.05) is 30.3 Å². The maximum Gasteiger partial charge on any atom is 0.136 e. The smallest absolute Gasteiger partial charge is 0.136 e. The Morgan fingerprint density at radius 3 is 2.65 bits per heavy atom. The summed E-state index contributed by atoms with van der Waals surface area (Å²) < 4.78 is 8.09. The molecule has 4 heterocycles. The van der Waals surface area contributed by atoms with E-state index in [1.807, 2.05) is 12.3 Å². The Morgan fingerprint density at radius 1 is 0.731 bits per heavy atom. The molecule has 7 aromatic rings. The predicted molar refractivity (Wildman–Crippen MR) is 106 cm³/mol. The number of aromatic nitrogens is 2. The minimum absolute atomic E-state index is 0.904. The minimum atomic E-state index is 0.904. The highest BCUT2D eigenvalue weighted by Gasteiger charge is 2.19. The largest absolute Gasteiger partial charge is 0.464 e. The van der Waals surface area contributed by atoms with Crippen molar-refractivity contribution in [2.75, 3.05) is 0 Å². The Bertz CT molecular complexity index is 1630. The number of rotatable bonds is 0. The molecule has 26 heavy (non-hydrogen) atoms. The van der Waals surface area contributed by atoms with Crippen LogP contribution < -0.4 is 0 Å². The first-order valence-corrected chi connectivity index (χ1v) is 8.74. The van der Waals surface area contributed by atoms with E-state index in [-0.39, 0.29) is 0 Å². The van der Waals surface area contributed by atoms with Crippen molar-refractivity contribution in [3.05, 3.63) is 73.1 Å². The molecule has 0 fully saturated rings. The molecule has 3 heteroatoms. The van der Waals surface area contributed by atoms with E-state index in [9.17, 15) is 0 Å². The molecule has 4 aromatic heterocycles. The average molecular weight is 332 g/mol. The number of hydrogen-bond donors (Lipinski definition) is 0. The van der Waals surface area contributed by atoms with Gasteiger partial charge in [-0.3, -0.25) is 4.98 Å². The molecule has 0 amide bonds. The second kappa shape index (κ2) is 4.14. The lowest BCUT2D eigenvalue weighted by atomic mass is 10.0. The second-order valence-corrected chi connectivity index (χ2v) is 6.87. The van der Waals surface area contributed by atoms with Gasteiger partial charge in [-0.2, -0.15) is 0 Å². The van der Waals surface area contributed by atoms with E-state index in [1.54, 1.807) is 6.26 Å². The number of furan rings is 1. The third kappa shape index (κ3) is 1.28. The third-order valence-corrected chi connectivity index (χ3v) is 5.65. The quantitative estimate of drug-likeness (QED) is 0.247. The molecule has 0 aliphatic carbocycles. The normalized spacial score (nSPS) is 12.6. The van der Waals surface area contributed by atoms with Gasteiger partial charge in [-0.25, -0.2) is 0 Å². The van der Waals surface area contributed by atoms with Crippen molar-refractivity contribution in [1.82, 2.24) is 9.38 Å². The van der Waals surface area contributed by atoms with Crippen LogP contribution in [0.2, 0.25) is 0 Å². The summed E-state index contributed by atoms with van der Waals surface area (Å²) >= 11 is 0. The second-order valence-electron chi connectivity index (χ2n) is 6.87. The number of nitrogens with zero attached hydrogens (tertiary/aromatic N) is 2. The summed E-state index contributed by atoms with van der Waals surface area (Å²) in [5.74, 6) is 0. The molecule has 120 valence electrons. The standard InChI is InChI=1S/C23H12N2O/c1-2-4-18-14(3-1)15-6-5-13-9-11-24-21-17-7-8-19-16(10-12-26-19)22(17)25(18)23(15)20(13)21/h1-12H. The van der Waals surface area contributed by atoms with Gasteiger partial charge in [0, 0.05) is 33.1 Å². The SMILES string of the molecule is c1ccc2c(c1)c1ccc3ccnc4c5ccc6occc6c5n2c1c34.